The molecule has 0 bridgehead atoms. The lowest BCUT2D eigenvalue weighted by molar-refractivity contribution is -0.125. The molecule has 1 heterocycles. The molecule has 4 nitrogen and oxygen atoms in total. The lowest BCUT2D eigenvalue weighted by Gasteiger charge is -2.18. The second kappa shape index (κ2) is 6.23. The standard InChI is InChI=1S/C19H15F3O4S/c1-19(2)18(23)16(12-6-5-11(20)9-13(12)21)17(26-19)10-4-7-15(14(22)8-10)27(3,24)25/h4-9H,1-3H3. The SMILES string of the molecule is CC1(C)OC(c2ccc(S(C)(=O)=O)c(F)c2)=C(c2ccc(F)cc2F)C1=O. The molecular weight excluding hydrogens is 381 g/mol. The van der Waals surface area contributed by atoms with Crippen LogP contribution in [0.2, 0.25) is 0 Å². The zero-order valence-electron chi connectivity index (χ0n) is 14.6. The highest BCUT2D eigenvalue weighted by atomic mass is 32.2. The first-order chi connectivity index (χ1) is 12.4. The number of sulfone groups is 1. The van der Waals surface area contributed by atoms with Crippen molar-refractivity contribution in [3.05, 3.63) is 65.0 Å². The third kappa shape index (κ3) is 3.37. The highest BCUT2D eigenvalue weighted by Gasteiger charge is 2.43. The number of rotatable bonds is 3. The van der Waals surface area contributed by atoms with Crippen molar-refractivity contribution < 1.29 is 31.1 Å². The van der Waals surface area contributed by atoms with Gasteiger partial charge in [-0.15, -0.1) is 0 Å². The Balaban J connectivity index is 2.25. The lowest BCUT2D eigenvalue weighted by atomic mass is 9.92. The molecule has 0 unspecified atom stereocenters. The Hall–Kier alpha value is -2.61. The van der Waals surface area contributed by atoms with E-state index >= 15 is 0 Å². The Morgan fingerprint density at radius 3 is 2.19 bits per heavy atom. The van der Waals surface area contributed by atoms with Gasteiger partial charge < -0.3 is 4.74 Å². The number of ether oxygens (including phenoxy) is 1. The van der Waals surface area contributed by atoms with Crippen LogP contribution in [0.15, 0.2) is 41.3 Å². The van der Waals surface area contributed by atoms with Gasteiger partial charge >= 0.3 is 0 Å². The summed E-state index contributed by atoms with van der Waals surface area (Å²) in [6, 6.07) is 5.95. The molecular formula is C19H15F3O4S. The topological polar surface area (TPSA) is 60.4 Å². The molecule has 0 aliphatic carbocycles. The fourth-order valence-electron chi connectivity index (χ4n) is 2.84. The summed E-state index contributed by atoms with van der Waals surface area (Å²) in [5.74, 6) is -3.47. The van der Waals surface area contributed by atoms with Crippen LogP contribution in [-0.2, 0) is 19.4 Å². The Labute approximate surface area is 154 Å². The molecule has 0 radical (unpaired) electrons. The van der Waals surface area contributed by atoms with E-state index in [9.17, 15) is 26.4 Å². The quantitative estimate of drug-likeness (QED) is 0.793. The Morgan fingerprint density at radius 1 is 0.963 bits per heavy atom. The molecule has 0 aromatic heterocycles. The number of ketones is 1. The molecule has 8 heteroatoms. The second-order valence-electron chi connectivity index (χ2n) is 6.69. The molecule has 2 aromatic rings. The molecule has 0 spiro atoms. The summed E-state index contributed by atoms with van der Waals surface area (Å²) < 4.78 is 70.6. The first kappa shape index (κ1) is 19.2. The molecule has 2 aromatic carbocycles. The van der Waals surface area contributed by atoms with E-state index in [2.05, 4.69) is 0 Å². The smallest absolute Gasteiger partial charge is 0.210 e. The minimum absolute atomic E-state index is 0.0672. The molecule has 0 saturated carbocycles. The van der Waals surface area contributed by atoms with Gasteiger partial charge in [0, 0.05) is 23.4 Å². The molecule has 1 aliphatic heterocycles. The van der Waals surface area contributed by atoms with Gasteiger partial charge in [0.1, 0.15) is 28.1 Å². The Morgan fingerprint density at radius 2 is 1.63 bits per heavy atom. The van der Waals surface area contributed by atoms with Crippen molar-refractivity contribution in [3.8, 4) is 0 Å². The first-order valence-electron chi connectivity index (χ1n) is 7.85. The zero-order chi connectivity index (χ0) is 20.1. The van der Waals surface area contributed by atoms with Gasteiger partial charge in [-0.1, -0.05) is 0 Å². The van der Waals surface area contributed by atoms with E-state index in [4.69, 9.17) is 4.74 Å². The highest BCUT2D eigenvalue weighted by Crippen LogP contribution is 2.42. The third-order valence-corrected chi connectivity index (χ3v) is 5.28. The van der Waals surface area contributed by atoms with Crippen LogP contribution in [0, 0.1) is 17.5 Å². The van der Waals surface area contributed by atoms with E-state index < -0.39 is 43.6 Å². The van der Waals surface area contributed by atoms with Gasteiger partial charge in [-0.3, -0.25) is 4.79 Å². The molecule has 27 heavy (non-hydrogen) atoms. The molecule has 0 N–H and O–H groups in total. The van der Waals surface area contributed by atoms with Crippen LogP contribution < -0.4 is 0 Å². The summed E-state index contributed by atoms with van der Waals surface area (Å²) in [5, 5.41) is 0. The van der Waals surface area contributed by atoms with Crippen molar-refractivity contribution in [2.24, 2.45) is 0 Å². The maximum atomic E-state index is 14.3. The second-order valence-corrected chi connectivity index (χ2v) is 8.67. The summed E-state index contributed by atoms with van der Waals surface area (Å²) in [4.78, 5) is 12.2. The number of benzene rings is 2. The van der Waals surface area contributed by atoms with Crippen molar-refractivity contribution in [2.45, 2.75) is 24.3 Å². The fourth-order valence-corrected chi connectivity index (χ4v) is 3.57. The van der Waals surface area contributed by atoms with Crippen molar-refractivity contribution in [3.63, 3.8) is 0 Å². The van der Waals surface area contributed by atoms with Gasteiger partial charge in [-0.25, -0.2) is 21.6 Å². The monoisotopic (exact) mass is 396 g/mol. The normalized spacial score (nSPS) is 16.6. The summed E-state index contributed by atoms with van der Waals surface area (Å²) in [7, 11) is -3.79. The van der Waals surface area contributed by atoms with Crippen LogP contribution in [0.1, 0.15) is 25.0 Å². The highest BCUT2D eigenvalue weighted by molar-refractivity contribution is 7.90. The zero-order valence-corrected chi connectivity index (χ0v) is 15.5. The Bertz CT molecular complexity index is 1100. The number of carbonyl (C=O) groups excluding carboxylic acids is 1. The number of hydrogen-bond acceptors (Lipinski definition) is 4. The summed E-state index contributed by atoms with van der Waals surface area (Å²) in [6.07, 6.45) is 0.863. The summed E-state index contributed by atoms with van der Waals surface area (Å²) in [5.41, 5.74) is -1.63. The van der Waals surface area contributed by atoms with E-state index in [0.717, 1.165) is 30.5 Å². The van der Waals surface area contributed by atoms with Gasteiger partial charge in [-0.05, 0) is 44.2 Å². The molecule has 0 fully saturated rings. The molecule has 0 amide bonds. The van der Waals surface area contributed by atoms with E-state index in [1.807, 2.05) is 0 Å². The largest absolute Gasteiger partial charge is 0.478 e. The van der Waals surface area contributed by atoms with Crippen molar-refractivity contribution >= 4 is 27.0 Å². The molecule has 0 atom stereocenters. The molecule has 142 valence electrons. The van der Waals surface area contributed by atoms with Crippen LogP contribution in [0.3, 0.4) is 0 Å². The Kier molecular flexibility index (Phi) is 4.42. The van der Waals surface area contributed by atoms with Gasteiger partial charge in [0.2, 0.25) is 5.78 Å². The van der Waals surface area contributed by atoms with E-state index in [0.29, 0.717) is 6.07 Å². The number of Topliss-reactive ketones (excluding diaryl/α,β-unsaturated/α-hetero) is 1. The maximum absolute atomic E-state index is 14.3. The van der Waals surface area contributed by atoms with Crippen molar-refractivity contribution in [1.29, 1.82) is 0 Å². The number of hydrogen-bond donors (Lipinski definition) is 0. The van der Waals surface area contributed by atoms with Crippen LogP contribution in [0.5, 0.6) is 0 Å². The minimum atomic E-state index is -3.79. The van der Waals surface area contributed by atoms with Gasteiger partial charge in [0.05, 0.1) is 5.57 Å². The first-order valence-corrected chi connectivity index (χ1v) is 9.74. The van der Waals surface area contributed by atoms with Gasteiger partial charge in [-0.2, -0.15) is 0 Å². The average Bonchev–Trinajstić information content (AvgIpc) is 2.77. The van der Waals surface area contributed by atoms with Crippen LogP contribution >= 0.6 is 0 Å². The average molecular weight is 396 g/mol. The third-order valence-electron chi connectivity index (χ3n) is 4.15. The van der Waals surface area contributed by atoms with Gasteiger partial charge in [0.15, 0.2) is 15.4 Å². The number of halogens is 3. The predicted molar refractivity (Wildman–Crippen MR) is 92.9 cm³/mol. The minimum Gasteiger partial charge on any atom is -0.478 e. The lowest BCUT2D eigenvalue weighted by Crippen LogP contribution is -2.29. The van der Waals surface area contributed by atoms with E-state index in [1.165, 1.54) is 19.9 Å². The maximum Gasteiger partial charge on any atom is 0.210 e. The van der Waals surface area contributed by atoms with Crippen molar-refractivity contribution in [1.82, 2.24) is 0 Å². The van der Waals surface area contributed by atoms with Crippen molar-refractivity contribution in [2.75, 3.05) is 6.26 Å². The molecule has 3 rings (SSSR count). The number of carbonyl (C=O) groups is 1. The van der Waals surface area contributed by atoms with Crippen LogP contribution in [-0.4, -0.2) is 26.1 Å². The fraction of sp³-hybridized carbons (Fsp3) is 0.211. The molecule has 0 saturated heterocycles. The molecule has 1 aliphatic rings. The van der Waals surface area contributed by atoms with Gasteiger partial charge in [0.25, 0.3) is 0 Å². The van der Waals surface area contributed by atoms with E-state index in [1.54, 1.807) is 0 Å². The van der Waals surface area contributed by atoms with Crippen LogP contribution in [0.4, 0.5) is 13.2 Å². The van der Waals surface area contributed by atoms with Crippen LogP contribution in [0.25, 0.3) is 11.3 Å². The van der Waals surface area contributed by atoms with E-state index in [-0.39, 0.29) is 22.5 Å². The predicted octanol–water partition coefficient (Wildman–Crippen LogP) is 3.75. The summed E-state index contributed by atoms with van der Waals surface area (Å²) >= 11 is 0. The summed E-state index contributed by atoms with van der Waals surface area (Å²) in [6.45, 7) is 2.93.